The van der Waals surface area contributed by atoms with E-state index in [9.17, 15) is 9.59 Å². The lowest BCUT2D eigenvalue weighted by Crippen LogP contribution is -2.55. The molecule has 0 saturated carbocycles. The van der Waals surface area contributed by atoms with Crippen LogP contribution in [0, 0.1) is 11.8 Å². The first-order chi connectivity index (χ1) is 7.67. The van der Waals surface area contributed by atoms with Gasteiger partial charge >= 0.3 is 12.1 Å². The van der Waals surface area contributed by atoms with Gasteiger partial charge in [0.25, 0.3) is 0 Å². The number of ether oxygens (including phenoxy) is 2. The van der Waals surface area contributed by atoms with Crippen molar-refractivity contribution in [3.05, 3.63) is 12.2 Å². The summed E-state index contributed by atoms with van der Waals surface area (Å²) in [7, 11) is 2.72. The predicted molar refractivity (Wildman–Crippen MR) is 55.7 cm³/mol. The molecule has 1 fully saturated rings. The van der Waals surface area contributed by atoms with Crippen LogP contribution in [0.3, 0.4) is 0 Å². The van der Waals surface area contributed by atoms with Crippen LogP contribution in [0.2, 0.25) is 0 Å². The van der Waals surface area contributed by atoms with Gasteiger partial charge in [-0.2, -0.15) is 0 Å². The number of nitrogens with zero attached hydrogens (tertiary/aromatic N) is 1. The molecule has 2 heterocycles. The number of hydrogen-bond donors (Lipinski definition) is 0. The zero-order chi connectivity index (χ0) is 11.7. The Labute approximate surface area is 94.0 Å². The van der Waals surface area contributed by atoms with E-state index < -0.39 is 0 Å². The molecule has 2 aliphatic heterocycles. The van der Waals surface area contributed by atoms with Crippen molar-refractivity contribution in [1.82, 2.24) is 4.90 Å². The van der Waals surface area contributed by atoms with Crippen LogP contribution in [0.1, 0.15) is 6.42 Å². The number of amides is 1. The lowest BCUT2D eigenvalue weighted by Gasteiger charge is -2.44. The van der Waals surface area contributed by atoms with E-state index in [0.717, 1.165) is 6.42 Å². The van der Waals surface area contributed by atoms with E-state index >= 15 is 0 Å². The van der Waals surface area contributed by atoms with Crippen molar-refractivity contribution in [2.24, 2.45) is 11.8 Å². The maximum atomic E-state index is 11.6. The second-order valence-electron chi connectivity index (χ2n) is 4.12. The van der Waals surface area contributed by atoms with Gasteiger partial charge in [0, 0.05) is 6.54 Å². The van der Waals surface area contributed by atoms with Crippen molar-refractivity contribution in [1.29, 1.82) is 0 Å². The summed E-state index contributed by atoms with van der Waals surface area (Å²) in [5, 5.41) is 0. The Balaban J connectivity index is 2.19. The molecule has 5 nitrogen and oxygen atoms in total. The van der Waals surface area contributed by atoms with Crippen molar-refractivity contribution in [2.75, 3.05) is 20.8 Å². The molecule has 2 bridgehead atoms. The monoisotopic (exact) mass is 225 g/mol. The highest BCUT2D eigenvalue weighted by molar-refractivity contribution is 5.77. The van der Waals surface area contributed by atoms with Gasteiger partial charge in [0.2, 0.25) is 0 Å². The number of hydrogen-bond acceptors (Lipinski definition) is 4. The van der Waals surface area contributed by atoms with Crippen molar-refractivity contribution in [2.45, 2.75) is 12.5 Å². The van der Waals surface area contributed by atoms with Crippen molar-refractivity contribution in [3.63, 3.8) is 0 Å². The Morgan fingerprint density at radius 2 is 2.00 bits per heavy atom. The van der Waals surface area contributed by atoms with Gasteiger partial charge in [-0.15, -0.1) is 0 Å². The molecule has 1 amide bonds. The summed E-state index contributed by atoms with van der Waals surface area (Å²) in [5.74, 6) is -0.283. The van der Waals surface area contributed by atoms with Gasteiger partial charge in [0.1, 0.15) is 0 Å². The lowest BCUT2D eigenvalue weighted by molar-refractivity contribution is -0.149. The van der Waals surface area contributed by atoms with E-state index in [1.165, 1.54) is 14.2 Å². The van der Waals surface area contributed by atoms with E-state index in [4.69, 9.17) is 9.47 Å². The Morgan fingerprint density at radius 1 is 1.25 bits per heavy atom. The number of esters is 1. The molecule has 0 radical (unpaired) electrons. The molecule has 5 heteroatoms. The summed E-state index contributed by atoms with van der Waals surface area (Å²) in [5.41, 5.74) is 0. The van der Waals surface area contributed by atoms with Crippen molar-refractivity contribution in [3.8, 4) is 0 Å². The quantitative estimate of drug-likeness (QED) is 0.489. The highest BCUT2D eigenvalue weighted by Gasteiger charge is 2.44. The average Bonchev–Trinajstić information content (AvgIpc) is 2.37. The fourth-order valence-corrected chi connectivity index (χ4v) is 2.48. The molecule has 1 saturated heterocycles. The van der Waals surface area contributed by atoms with Crippen LogP contribution < -0.4 is 0 Å². The maximum absolute atomic E-state index is 11.6. The first kappa shape index (κ1) is 11.0. The minimum atomic E-state index is -0.382. The smallest absolute Gasteiger partial charge is 0.410 e. The fourth-order valence-electron chi connectivity index (χ4n) is 2.48. The number of rotatable bonds is 1. The third kappa shape index (κ3) is 1.66. The van der Waals surface area contributed by atoms with Crippen LogP contribution in [0.4, 0.5) is 4.79 Å². The standard InChI is InChI=1S/C11H15NO4/c1-15-10(13)8-5-7-3-4-9(8)12(6-7)11(14)16-2/h3-4,7-9H,5-6H2,1-2H3/t7-,8+,9+/m0/s1. The number of carbonyl (C=O) groups excluding carboxylic acids is 2. The topological polar surface area (TPSA) is 55.8 Å². The summed E-state index contributed by atoms with van der Waals surface area (Å²) in [6.45, 7) is 0.626. The highest BCUT2D eigenvalue weighted by Crippen LogP contribution is 2.35. The van der Waals surface area contributed by atoms with E-state index in [1.807, 2.05) is 6.08 Å². The molecule has 0 unspecified atom stereocenters. The van der Waals surface area contributed by atoms with Crippen LogP contribution in [0.25, 0.3) is 0 Å². The van der Waals surface area contributed by atoms with E-state index in [-0.39, 0.29) is 29.9 Å². The second kappa shape index (κ2) is 4.15. The fraction of sp³-hybridized carbons (Fsp3) is 0.636. The Hall–Kier alpha value is -1.52. The average molecular weight is 225 g/mol. The Bertz CT molecular complexity index is 313. The number of piperidine rings is 1. The first-order valence-electron chi connectivity index (χ1n) is 5.28. The highest BCUT2D eigenvalue weighted by atomic mass is 16.5. The molecule has 3 atom stereocenters. The van der Waals surface area contributed by atoms with Gasteiger partial charge in [-0.1, -0.05) is 12.2 Å². The maximum Gasteiger partial charge on any atom is 0.410 e. The number of methoxy groups -OCH3 is 2. The van der Waals surface area contributed by atoms with E-state index in [2.05, 4.69) is 6.08 Å². The van der Waals surface area contributed by atoms with E-state index in [1.54, 1.807) is 4.90 Å². The number of fused-ring (bicyclic) bond motifs is 2. The predicted octanol–water partition coefficient (Wildman–Crippen LogP) is 0.802. The minimum Gasteiger partial charge on any atom is -0.469 e. The normalized spacial score (nSPS) is 31.4. The number of carbonyl (C=O) groups is 2. The van der Waals surface area contributed by atoms with Crippen LogP contribution in [-0.4, -0.2) is 43.8 Å². The van der Waals surface area contributed by atoms with Gasteiger partial charge < -0.3 is 14.4 Å². The third-order valence-corrected chi connectivity index (χ3v) is 3.25. The van der Waals surface area contributed by atoms with Crippen molar-refractivity contribution >= 4 is 12.1 Å². The van der Waals surface area contributed by atoms with Crippen LogP contribution >= 0.6 is 0 Å². The molecule has 0 spiro atoms. The lowest BCUT2D eigenvalue weighted by atomic mass is 9.78. The van der Waals surface area contributed by atoms with E-state index in [0.29, 0.717) is 6.54 Å². The SMILES string of the molecule is COC(=O)[C@@H]1C[C@@H]2C=C[C@H]1N(C(=O)OC)C2. The van der Waals surface area contributed by atoms with Crippen LogP contribution in [0.15, 0.2) is 12.2 Å². The van der Waals surface area contributed by atoms with Gasteiger partial charge in [-0.3, -0.25) is 4.79 Å². The first-order valence-corrected chi connectivity index (χ1v) is 5.28. The summed E-state index contributed by atoms with van der Waals surface area (Å²) in [6, 6.07) is -0.218. The molecule has 3 aliphatic rings. The molecule has 16 heavy (non-hydrogen) atoms. The second-order valence-corrected chi connectivity index (χ2v) is 4.12. The van der Waals surface area contributed by atoms with Crippen molar-refractivity contribution < 1.29 is 19.1 Å². The largest absolute Gasteiger partial charge is 0.469 e. The minimum absolute atomic E-state index is 0.218. The molecule has 0 aromatic heterocycles. The summed E-state index contributed by atoms with van der Waals surface area (Å²) in [6.07, 6.45) is 4.33. The Morgan fingerprint density at radius 3 is 2.56 bits per heavy atom. The van der Waals surface area contributed by atoms with Crippen LogP contribution in [-0.2, 0) is 14.3 Å². The summed E-state index contributed by atoms with van der Waals surface area (Å²) >= 11 is 0. The zero-order valence-corrected chi connectivity index (χ0v) is 9.38. The van der Waals surface area contributed by atoms with Gasteiger partial charge in [0.05, 0.1) is 26.2 Å². The molecular formula is C11H15NO4. The molecule has 0 N–H and O–H groups in total. The van der Waals surface area contributed by atoms with Gasteiger partial charge in [-0.25, -0.2) is 4.79 Å². The molecule has 88 valence electrons. The molecule has 3 rings (SSSR count). The molecular weight excluding hydrogens is 210 g/mol. The molecule has 0 aromatic rings. The molecule has 1 aliphatic carbocycles. The Kier molecular flexibility index (Phi) is 2.85. The summed E-state index contributed by atoms with van der Waals surface area (Å²) in [4.78, 5) is 24.7. The van der Waals surface area contributed by atoms with Crippen LogP contribution in [0.5, 0.6) is 0 Å². The van der Waals surface area contributed by atoms with Gasteiger partial charge in [-0.05, 0) is 12.3 Å². The zero-order valence-electron chi connectivity index (χ0n) is 9.38. The third-order valence-electron chi connectivity index (χ3n) is 3.25. The van der Waals surface area contributed by atoms with Gasteiger partial charge in [0.15, 0.2) is 0 Å². The summed E-state index contributed by atoms with van der Waals surface area (Å²) < 4.78 is 9.46. The molecule has 0 aromatic carbocycles.